The lowest BCUT2D eigenvalue weighted by Crippen LogP contribution is -2.53. The van der Waals surface area contributed by atoms with E-state index >= 15 is 0 Å². The summed E-state index contributed by atoms with van der Waals surface area (Å²) in [6, 6.07) is 0. The summed E-state index contributed by atoms with van der Waals surface area (Å²) in [4.78, 5) is 25.8. The molecule has 1 saturated heterocycles. The van der Waals surface area contributed by atoms with Crippen LogP contribution in [-0.4, -0.2) is 66.2 Å². The van der Waals surface area contributed by atoms with E-state index in [0.717, 1.165) is 35.5 Å². The number of ether oxygens (including phenoxy) is 1. The molecule has 1 fully saturated rings. The lowest BCUT2D eigenvalue weighted by atomic mass is 10.3. The number of aliphatic imine (C=N–C) groups is 1. The number of aromatic nitrogens is 1. The van der Waals surface area contributed by atoms with Gasteiger partial charge < -0.3 is 19.9 Å². The Morgan fingerprint density at radius 2 is 2.04 bits per heavy atom. The molecule has 1 aliphatic heterocycles. The Labute approximate surface area is 141 Å². The van der Waals surface area contributed by atoms with Crippen LogP contribution in [0.5, 0.6) is 0 Å². The van der Waals surface area contributed by atoms with Crippen molar-refractivity contribution in [1.29, 1.82) is 0 Å². The quantitative estimate of drug-likeness (QED) is 0.668. The Morgan fingerprint density at radius 3 is 2.61 bits per heavy atom. The molecule has 1 N–H and O–H groups in total. The molecule has 1 aliphatic rings. The van der Waals surface area contributed by atoms with Gasteiger partial charge in [-0.15, -0.1) is 11.3 Å². The smallest absolute Gasteiger partial charge is 0.409 e. The lowest BCUT2D eigenvalue weighted by molar-refractivity contribution is 0.0914. The number of rotatable bonds is 4. The summed E-state index contributed by atoms with van der Waals surface area (Å²) in [5, 5.41) is 4.38. The molecule has 0 aromatic carbocycles. The van der Waals surface area contributed by atoms with Crippen LogP contribution >= 0.6 is 11.3 Å². The van der Waals surface area contributed by atoms with E-state index in [0.29, 0.717) is 26.2 Å². The topological polar surface area (TPSA) is 70.1 Å². The number of nitrogens with one attached hydrogen (secondary N) is 1. The minimum atomic E-state index is -0.228. The summed E-state index contributed by atoms with van der Waals surface area (Å²) in [6.45, 7) is 10.6. The third-order valence-corrected chi connectivity index (χ3v) is 4.39. The number of carbonyl (C=O) groups excluding carboxylic acids is 1. The second kappa shape index (κ2) is 8.71. The summed E-state index contributed by atoms with van der Waals surface area (Å²) >= 11 is 1.67. The summed E-state index contributed by atoms with van der Waals surface area (Å²) in [5.41, 5.74) is 0. The van der Waals surface area contributed by atoms with Gasteiger partial charge in [-0.25, -0.2) is 14.8 Å². The van der Waals surface area contributed by atoms with Crippen molar-refractivity contribution in [3.63, 3.8) is 0 Å². The first-order valence-corrected chi connectivity index (χ1v) is 8.82. The van der Waals surface area contributed by atoms with Crippen molar-refractivity contribution in [3.8, 4) is 0 Å². The lowest BCUT2D eigenvalue weighted by Gasteiger charge is -2.35. The van der Waals surface area contributed by atoms with E-state index in [-0.39, 0.29) is 6.09 Å². The zero-order valence-electron chi connectivity index (χ0n) is 14.0. The van der Waals surface area contributed by atoms with Gasteiger partial charge in [0.1, 0.15) is 0 Å². The molecule has 128 valence electrons. The zero-order chi connectivity index (χ0) is 16.7. The van der Waals surface area contributed by atoms with Crippen molar-refractivity contribution in [2.24, 2.45) is 4.99 Å². The molecule has 0 atom stereocenters. The van der Waals surface area contributed by atoms with Crippen molar-refractivity contribution in [2.75, 3.05) is 39.3 Å². The number of guanidine groups is 1. The van der Waals surface area contributed by atoms with Gasteiger partial charge in [-0.2, -0.15) is 0 Å². The fraction of sp³-hybridized carbons (Fsp3) is 0.667. The van der Waals surface area contributed by atoms with Gasteiger partial charge in [-0.1, -0.05) is 0 Å². The highest BCUT2D eigenvalue weighted by Crippen LogP contribution is 2.13. The highest BCUT2D eigenvalue weighted by Gasteiger charge is 2.23. The van der Waals surface area contributed by atoms with Crippen LogP contribution in [0.15, 0.2) is 11.2 Å². The van der Waals surface area contributed by atoms with E-state index < -0.39 is 0 Å². The fourth-order valence-corrected chi connectivity index (χ4v) is 3.09. The van der Waals surface area contributed by atoms with Crippen molar-refractivity contribution < 1.29 is 9.53 Å². The van der Waals surface area contributed by atoms with Gasteiger partial charge in [0.05, 0.1) is 18.2 Å². The first-order chi connectivity index (χ1) is 11.1. The Morgan fingerprint density at radius 1 is 1.35 bits per heavy atom. The summed E-state index contributed by atoms with van der Waals surface area (Å²) in [7, 11) is 0. The predicted octanol–water partition coefficient (Wildman–Crippen LogP) is 1.69. The van der Waals surface area contributed by atoms with E-state index in [1.54, 1.807) is 16.2 Å². The van der Waals surface area contributed by atoms with Crippen LogP contribution in [0.3, 0.4) is 0 Å². The number of amides is 1. The van der Waals surface area contributed by atoms with E-state index in [4.69, 9.17) is 9.73 Å². The SMILES string of the molecule is CCNC(=NCc1cnc(C)s1)N1CCN(C(=O)OCC)CC1. The number of piperazine rings is 1. The number of thiazole rings is 1. The van der Waals surface area contributed by atoms with Crippen LogP contribution in [0.1, 0.15) is 23.7 Å². The molecule has 1 aromatic heterocycles. The monoisotopic (exact) mass is 339 g/mol. The maximum absolute atomic E-state index is 11.7. The number of hydrogen-bond donors (Lipinski definition) is 1. The summed E-state index contributed by atoms with van der Waals surface area (Å²) < 4.78 is 5.05. The van der Waals surface area contributed by atoms with Gasteiger partial charge in [-0.3, -0.25) is 0 Å². The molecular weight excluding hydrogens is 314 g/mol. The van der Waals surface area contributed by atoms with Crippen molar-refractivity contribution >= 4 is 23.4 Å². The Kier molecular flexibility index (Phi) is 6.64. The van der Waals surface area contributed by atoms with Crippen LogP contribution in [0.25, 0.3) is 0 Å². The van der Waals surface area contributed by atoms with E-state index in [2.05, 4.69) is 22.1 Å². The summed E-state index contributed by atoms with van der Waals surface area (Å²) in [6.07, 6.45) is 1.65. The largest absolute Gasteiger partial charge is 0.450 e. The van der Waals surface area contributed by atoms with Crippen molar-refractivity contribution in [2.45, 2.75) is 27.3 Å². The van der Waals surface area contributed by atoms with Gasteiger partial charge in [-0.05, 0) is 20.8 Å². The fourth-order valence-electron chi connectivity index (χ4n) is 2.37. The summed E-state index contributed by atoms with van der Waals surface area (Å²) in [5.74, 6) is 0.891. The minimum Gasteiger partial charge on any atom is -0.450 e. The highest BCUT2D eigenvalue weighted by molar-refractivity contribution is 7.11. The van der Waals surface area contributed by atoms with Gasteiger partial charge in [0.25, 0.3) is 0 Å². The molecule has 23 heavy (non-hydrogen) atoms. The molecule has 7 nitrogen and oxygen atoms in total. The molecule has 0 spiro atoms. The van der Waals surface area contributed by atoms with Crippen LogP contribution in [0, 0.1) is 6.92 Å². The highest BCUT2D eigenvalue weighted by atomic mass is 32.1. The zero-order valence-corrected chi connectivity index (χ0v) is 14.9. The average Bonchev–Trinajstić information content (AvgIpc) is 2.97. The van der Waals surface area contributed by atoms with Crippen molar-refractivity contribution in [1.82, 2.24) is 20.1 Å². The number of nitrogens with zero attached hydrogens (tertiary/aromatic N) is 4. The molecule has 0 aliphatic carbocycles. The second-order valence-electron chi connectivity index (χ2n) is 5.19. The number of hydrogen-bond acceptors (Lipinski definition) is 5. The molecule has 0 bridgehead atoms. The Hall–Kier alpha value is -1.83. The van der Waals surface area contributed by atoms with E-state index in [1.807, 2.05) is 20.0 Å². The van der Waals surface area contributed by atoms with Gasteiger partial charge in [0.15, 0.2) is 5.96 Å². The molecule has 2 rings (SSSR count). The molecule has 1 aromatic rings. The molecule has 2 heterocycles. The number of aryl methyl sites for hydroxylation is 1. The Balaban J connectivity index is 1.92. The molecule has 0 radical (unpaired) electrons. The minimum absolute atomic E-state index is 0.228. The maximum Gasteiger partial charge on any atom is 0.409 e. The average molecular weight is 339 g/mol. The van der Waals surface area contributed by atoms with Crippen LogP contribution in [0.4, 0.5) is 4.79 Å². The van der Waals surface area contributed by atoms with Gasteiger partial charge >= 0.3 is 6.09 Å². The molecule has 8 heteroatoms. The molecule has 0 unspecified atom stereocenters. The predicted molar refractivity (Wildman–Crippen MR) is 91.8 cm³/mol. The normalized spacial score (nSPS) is 15.7. The third kappa shape index (κ3) is 5.09. The molecule has 0 saturated carbocycles. The Bertz CT molecular complexity index is 538. The first kappa shape index (κ1) is 17.5. The number of carbonyl (C=O) groups is 1. The standard InChI is InChI=1S/C15H25N5O2S/c1-4-16-14(18-11-13-10-17-12(3)23-13)19-6-8-20(9-7-19)15(21)22-5-2/h10H,4-9,11H2,1-3H3,(H,16,18). The van der Waals surface area contributed by atoms with Crippen LogP contribution < -0.4 is 5.32 Å². The van der Waals surface area contributed by atoms with Crippen LogP contribution in [-0.2, 0) is 11.3 Å². The second-order valence-corrected chi connectivity index (χ2v) is 6.51. The van der Waals surface area contributed by atoms with Gasteiger partial charge in [0, 0.05) is 43.8 Å². The van der Waals surface area contributed by atoms with Crippen molar-refractivity contribution in [3.05, 3.63) is 16.1 Å². The third-order valence-electron chi connectivity index (χ3n) is 3.49. The first-order valence-electron chi connectivity index (χ1n) is 8.00. The van der Waals surface area contributed by atoms with Crippen LogP contribution in [0.2, 0.25) is 0 Å². The molecule has 1 amide bonds. The van der Waals surface area contributed by atoms with Gasteiger partial charge in [0.2, 0.25) is 0 Å². The van der Waals surface area contributed by atoms with E-state index in [9.17, 15) is 4.79 Å². The maximum atomic E-state index is 11.7. The molecular formula is C15H25N5O2S. The van der Waals surface area contributed by atoms with E-state index in [1.165, 1.54) is 0 Å².